The van der Waals surface area contributed by atoms with Crippen LogP contribution in [-0.4, -0.2) is 42.5 Å². The summed E-state index contributed by atoms with van der Waals surface area (Å²) in [5, 5.41) is 9.74. The number of hydrogen-bond donors (Lipinski definition) is 2. The van der Waals surface area contributed by atoms with Crippen molar-refractivity contribution < 1.29 is 14.3 Å². The molecule has 1 aromatic carbocycles. The van der Waals surface area contributed by atoms with Gasteiger partial charge in [-0.3, -0.25) is 14.5 Å². The number of nitrogens with one attached hydrogen (secondary N) is 2. The van der Waals surface area contributed by atoms with Crippen molar-refractivity contribution in [3.63, 3.8) is 0 Å². The predicted molar refractivity (Wildman–Crippen MR) is 126 cm³/mol. The highest BCUT2D eigenvalue weighted by Crippen LogP contribution is 2.19. The summed E-state index contributed by atoms with van der Waals surface area (Å²) in [5.41, 5.74) is 1.39. The SMILES string of the molecule is O=C(CN(Cc1cccs1)CC1CCCO1)Nc1ccc(NC(=O)c2cccs2)cc1. The standard InChI is InChI=1S/C23H25N3O3S2/c27-22(16-26(14-19-4-1-11-29-19)15-20-5-2-12-30-20)24-17-7-9-18(10-8-17)25-23(28)21-6-3-13-31-21/h2-3,5-10,12-13,19H,1,4,11,14-16H2,(H,24,27)(H,25,28). The fourth-order valence-electron chi connectivity index (χ4n) is 3.53. The zero-order valence-electron chi connectivity index (χ0n) is 17.1. The van der Waals surface area contributed by atoms with Gasteiger partial charge in [-0.25, -0.2) is 0 Å². The van der Waals surface area contributed by atoms with Crippen LogP contribution >= 0.6 is 22.7 Å². The second-order valence-electron chi connectivity index (χ2n) is 7.44. The fourth-order valence-corrected chi connectivity index (χ4v) is 4.89. The minimum atomic E-state index is -0.134. The van der Waals surface area contributed by atoms with E-state index in [0.717, 1.165) is 32.5 Å². The first-order chi connectivity index (χ1) is 15.2. The summed E-state index contributed by atoms with van der Waals surface area (Å²) in [6.07, 6.45) is 2.32. The quantitative estimate of drug-likeness (QED) is 0.491. The van der Waals surface area contributed by atoms with E-state index in [4.69, 9.17) is 4.74 Å². The van der Waals surface area contributed by atoms with E-state index in [1.165, 1.54) is 16.2 Å². The van der Waals surface area contributed by atoms with Gasteiger partial charge < -0.3 is 15.4 Å². The molecule has 1 atom stereocenters. The first-order valence-corrected chi connectivity index (χ1v) is 12.0. The van der Waals surface area contributed by atoms with E-state index in [0.29, 0.717) is 22.8 Å². The molecule has 0 spiro atoms. The zero-order valence-corrected chi connectivity index (χ0v) is 18.7. The normalized spacial score (nSPS) is 15.8. The van der Waals surface area contributed by atoms with Crippen LogP contribution in [0.15, 0.2) is 59.3 Å². The van der Waals surface area contributed by atoms with Crippen molar-refractivity contribution in [2.24, 2.45) is 0 Å². The van der Waals surface area contributed by atoms with Crippen molar-refractivity contribution >= 4 is 45.9 Å². The molecule has 8 heteroatoms. The lowest BCUT2D eigenvalue weighted by Gasteiger charge is -2.24. The summed E-state index contributed by atoms with van der Waals surface area (Å²) in [6.45, 7) is 2.59. The molecule has 0 bridgehead atoms. The van der Waals surface area contributed by atoms with Gasteiger partial charge >= 0.3 is 0 Å². The highest BCUT2D eigenvalue weighted by atomic mass is 32.1. The lowest BCUT2D eigenvalue weighted by atomic mass is 10.2. The van der Waals surface area contributed by atoms with Gasteiger partial charge in [0.2, 0.25) is 5.91 Å². The van der Waals surface area contributed by atoms with Gasteiger partial charge in [0.1, 0.15) is 0 Å². The molecular formula is C23H25N3O3S2. The lowest BCUT2D eigenvalue weighted by Crippen LogP contribution is -2.37. The number of thiophene rings is 2. The van der Waals surface area contributed by atoms with Crippen LogP contribution in [0.5, 0.6) is 0 Å². The summed E-state index contributed by atoms with van der Waals surface area (Å²) in [7, 11) is 0. The van der Waals surface area contributed by atoms with Crippen LogP contribution in [0.4, 0.5) is 11.4 Å². The molecule has 0 aliphatic carbocycles. The van der Waals surface area contributed by atoms with Crippen LogP contribution < -0.4 is 10.6 Å². The molecule has 31 heavy (non-hydrogen) atoms. The minimum Gasteiger partial charge on any atom is -0.377 e. The van der Waals surface area contributed by atoms with E-state index >= 15 is 0 Å². The van der Waals surface area contributed by atoms with E-state index in [1.807, 2.05) is 17.5 Å². The molecular weight excluding hydrogens is 430 g/mol. The number of ether oxygens (including phenoxy) is 1. The second kappa shape index (κ2) is 10.7. The van der Waals surface area contributed by atoms with E-state index in [1.54, 1.807) is 41.7 Å². The summed E-state index contributed by atoms with van der Waals surface area (Å²) in [6, 6.07) is 14.9. The molecule has 1 aliphatic rings. The summed E-state index contributed by atoms with van der Waals surface area (Å²) >= 11 is 3.10. The third-order valence-corrected chi connectivity index (χ3v) is 6.71. The maximum Gasteiger partial charge on any atom is 0.265 e. The smallest absolute Gasteiger partial charge is 0.265 e. The van der Waals surface area contributed by atoms with Gasteiger partial charge in [-0.15, -0.1) is 22.7 Å². The minimum absolute atomic E-state index is 0.0649. The number of rotatable bonds is 9. The monoisotopic (exact) mass is 455 g/mol. The summed E-state index contributed by atoms with van der Waals surface area (Å²) in [4.78, 5) is 28.9. The Morgan fingerprint density at radius 1 is 1.00 bits per heavy atom. The molecule has 2 N–H and O–H groups in total. The van der Waals surface area contributed by atoms with E-state index in [-0.39, 0.29) is 17.9 Å². The Hall–Kier alpha value is -2.52. The average molecular weight is 456 g/mol. The van der Waals surface area contributed by atoms with Gasteiger partial charge in [0, 0.05) is 35.9 Å². The predicted octanol–water partition coefficient (Wildman–Crippen LogP) is 4.68. The van der Waals surface area contributed by atoms with Gasteiger partial charge in [0.15, 0.2) is 0 Å². The number of hydrogen-bond acceptors (Lipinski definition) is 6. The number of carbonyl (C=O) groups excluding carboxylic acids is 2. The van der Waals surface area contributed by atoms with Crippen molar-refractivity contribution in [2.75, 3.05) is 30.3 Å². The molecule has 162 valence electrons. The van der Waals surface area contributed by atoms with E-state index < -0.39 is 0 Å². The molecule has 3 heterocycles. The lowest BCUT2D eigenvalue weighted by molar-refractivity contribution is -0.117. The van der Waals surface area contributed by atoms with Crippen LogP contribution in [0.2, 0.25) is 0 Å². The topological polar surface area (TPSA) is 70.7 Å². The van der Waals surface area contributed by atoms with Crippen molar-refractivity contribution in [2.45, 2.75) is 25.5 Å². The van der Waals surface area contributed by atoms with Gasteiger partial charge in [0.25, 0.3) is 5.91 Å². The van der Waals surface area contributed by atoms with Crippen LogP contribution in [0.3, 0.4) is 0 Å². The maximum absolute atomic E-state index is 12.7. The Morgan fingerprint density at radius 2 is 1.74 bits per heavy atom. The zero-order chi connectivity index (χ0) is 21.5. The fraction of sp³-hybridized carbons (Fsp3) is 0.304. The second-order valence-corrected chi connectivity index (χ2v) is 9.42. The van der Waals surface area contributed by atoms with Crippen molar-refractivity contribution in [3.8, 4) is 0 Å². The molecule has 1 aliphatic heterocycles. The third kappa shape index (κ3) is 6.48. The van der Waals surface area contributed by atoms with Gasteiger partial charge in [0.05, 0.1) is 17.5 Å². The van der Waals surface area contributed by atoms with Crippen LogP contribution in [0.1, 0.15) is 27.4 Å². The van der Waals surface area contributed by atoms with E-state index in [2.05, 4.69) is 27.0 Å². The van der Waals surface area contributed by atoms with Crippen molar-refractivity contribution in [1.82, 2.24) is 4.90 Å². The number of nitrogens with zero attached hydrogens (tertiary/aromatic N) is 1. The number of benzene rings is 1. The van der Waals surface area contributed by atoms with Crippen molar-refractivity contribution in [1.29, 1.82) is 0 Å². The Kier molecular flexibility index (Phi) is 7.48. The average Bonchev–Trinajstić information content (AvgIpc) is 3.53. The summed E-state index contributed by atoms with van der Waals surface area (Å²) in [5.74, 6) is -0.199. The molecule has 3 aromatic rings. The van der Waals surface area contributed by atoms with E-state index in [9.17, 15) is 9.59 Å². The van der Waals surface area contributed by atoms with Crippen LogP contribution in [-0.2, 0) is 16.1 Å². The molecule has 4 rings (SSSR count). The molecule has 0 saturated carbocycles. The van der Waals surface area contributed by atoms with Gasteiger partial charge in [-0.05, 0) is 60.0 Å². The Morgan fingerprint density at radius 3 is 2.39 bits per heavy atom. The Bertz CT molecular complexity index is 966. The highest BCUT2D eigenvalue weighted by Gasteiger charge is 2.21. The van der Waals surface area contributed by atoms with Crippen LogP contribution in [0, 0.1) is 0 Å². The van der Waals surface area contributed by atoms with Gasteiger partial charge in [-0.2, -0.15) is 0 Å². The maximum atomic E-state index is 12.7. The molecule has 1 fully saturated rings. The largest absolute Gasteiger partial charge is 0.377 e. The molecule has 2 aromatic heterocycles. The number of amides is 2. The number of anilines is 2. The van der Waals surface area contributed by atoms with Crippen LogP contribution in [0.25, 0.3) is 0 Å². The molecule has 6 nitrogen and oxygen atoms in total. The molecule has 0 radical (unpaired) electrons. The summed E-state index contributed by atoms with van der Waals surface area (Å²) < 4.78 is 5.77. The Labute approximate surface area is 189 Å². The Balaban J connectivity index is 1.31. The molecule has 2 amide bonds. The third-order valence-electron chi connectivity index (χ3n) is 4.98. The first-order valence-electron chi connectivity index (χ1n) is 10.3. The number of carbonyl (C=O) groups is 2. The highest BCUT2D eigenvalue weighted by molar-refractivity contribution is 7.12. The molecule has 1 saturated heterocycles. The first kappa shape index (κ1) is 21.7. The molecule has 1 unspecified atom stereocenters. The van der Waals surface area contributed by atoms with Gasteiger partial charge in [-0.1, -0.05) is 12.1 Å². The van der Waals surface area contributed by atoms with Crippen molar-refractivity contribution in [3.05, 3.63) is 69.0 Å².